The Morgan fingerprint density at radius 1 is 1.20 bits per heavy atom. The van der Waals surface area contributed by atoms with E-state index in [9.17, 15) is 22.4 Å². The van der Waals surface area contributed by atoms with Crippen LogP contribution in [0.1, 0.15) is 29.8 Å². The molecule has 2 aromatic carbocycles. The Morgan fingerprint density at radius 2 is 2.03 bits per heavy atom. The molecule has 4 rings (SSSR count). The van der Waals surface area contributed by atoms with Crippen LogP contribution in [-0.2, 0) is 22.3 Å². The summed E-state index contributed by atoms with van der Waals surface area (Å²) in [6, 6.07) is 10.6. The van der Waals surface area contributed by atoms with E-state index < -0.39 is 23.5 Å². The van der Waals surface area contributed by atoms with Gasteiger partial charge >= 0.3 is 6.18 Å². The first-order chi connectivity index (χ1) is 16.8. The summed E-state index contributed by atoms with van der Waals surface area (Å²) in [5.74, 6) is -0.0392. The number of amides is 1. The van der Waals surface area contributed by atoms with Crippen molar-refractivity contribution in [2.24, 2.45) is 0 Å². The predicted molar refractivity (Wildman–Crippen MR) is 123 cm³/mol. The molecule has 35 heavy (non-hydrogen) atoms. The number of hydrogen-bond acceptors (Lipinski definition) is 5. The van der Waals surface area contributed by atoms with E-state index in [-0.39, 0.29) is 24.2 Å². The molecule has 1 amide bonds. The smallest absolute Gasteiger partial charge is 0.377 e. The van der Waals surface area contributed by atoms with Crippen molar-refractivity contribution in [3.8, 4) is 5.69 Å². The molecule has 1 N–H and O–H groups in total. The van der Waals surface area contributed by atoms with E-state index in [0.717, 1.165) is 25.0 Å². The van der Waals surface area contributed by atoms with Crippen LogP contribution in [0.2, 0.25) is 0 Å². The molecule has 184 valence electrons. The SMILES string of the molecule is O=C(C=Cc1cccc(F)c1)NCc1nnc(SCC2CCCO2)n1-c1cccc(C(F)(F)F)c1. The maximum absolute atomic E-state index is 13.3. The lowest BCUT2D eigenvalue weighted by Gasteiger charge is -2.14. The molecule has 1 atom stereocenters. The van der Waals surface area contributed by atoms with Crippen LogP contribution in [0.25, 0.3) is 11.8 Å². The van der Waals surface area contributed by atoms with Gasteiger partial charge in [0, 0.05) is 18.4 Å². The molecule has 1 aliphatic heterocycles. The quantitative estimate of drug-likeness (QED) is 0.264. The van der Waals surface area contributed by atoms with Crippen molar-refractivity contribution in [3.63, 3.8) is 0 Å². The summed E-state index contributed by atoms with van der Waals surface area (Å²) in [7, 11) is 0. The van der Waals surface area contributed by atoms with Crippen molar-refractivity contribution in [3.05, 3.63) is 77.4 Å². The van der Waals surface area contributed by atoms with Gasteiger partial charge in [-0.25, -0.2) is 4.39 Å². The predicted octanol–water partition coefficient (Wildman–Crippen LogP) is 5.03. The summed E-state index contributed by atoms with van der Waals surface area (Å²) in [4.78, 5) is 12.3. The summed E-state index contributed by atoms with van der Waals surface area (Å²) < 4.78 is 60.4. The lowest BCUT2D eigenvalue weighted by molar-refractivity contribution is -0.137. The fraction of sp³-hybridized carbons (Fsp3) is 0.292. The first-order valence-corrected chi connectivity index (χ1v) is 11.9. The van der Waals surface area contributed by atoms with Crippen molar-refractivity contribution in [1.82, 2.24) is 20.1 Å². The average Bonchev–Trinajstić information content (AvgIpc) is 3.49. The highest BCUT2D eigenvalue weighted by Crippen LogP contribution is 2.32. The number of alkyl halides is 3. The molecule has 0 radical (unpaired) electrons. The standard InChI is InChI=1S/C24H22F4N4O2S/c25-18-6-1-4-16(12-18)9-10-22(33)29-14-21-30-31-23(35-15-20-8-3-11-34-20)32(21)19-7-2-5-17(13-19)24(26,27)28/h1-2,4-7,9-10,12-13,20H,3,8,11,14-15H2,(H,29,33). The van der Waals surface area contributed by atoms with E-state index in [1.165, 1.54) is 58.8 Å². The highest BCUT2D eigenvalue weighted by atomic mass is 32.2. The molecule has 1 aliphatic rings. The number of nitrogens with one attached hydrogen (secondary N) is 1. The van der Waals surface area contributed by atoms with Gasteiger partial charge in [-0.1, -0.05) is 30.0 Å². The average molecular weight is 507 g/mol. The summed E-state index contributed by atoms with van der Waals surface area (Å²) in [6.45, 7) is 0.613. The first kappa shape index (κ1) is 24.9. The zero-order valence-corrected chi connectivity index (χ0v) is 19.3. The molecule has 1 saturated heterocycles. The number of hydrogen-bond donors (Lipinski definition) is 1. The lowest BCUT2D eigenvalue weighted by atomic mass is 10.2. The number of halogens is 4. The van der Waals surface area contributed by atoms with Gasteiger partial charge in [0.2, 0.25) is 5.91 Å². The number of benzene rings is 2. The Bertz CT molecular complexity index is 1210. The Balaban J connectivity index is 1.53. The van der Waals surface area contributed by atoms with Gasteiger partial charge in [-0.2, -0.15) is 13.2 Å². The summed E-state index contributed by atoms with van der Waals surface area (Å²) in [6.07, 6.45) is 0.108. The zero-order chi connectivity index (χ0) is 24.8. The highest BCUT2D eigenvalue weighted by molar-refractivity contribution is 7.99. The van der Waals surface area contributed by atoms with Gasteiger partial charge in [-0.3, -0.25) is 9.36 Å². The van der Waals surface area contributed by atoms with Crippen LogP contribution >= 0.6 is 11.8 Å². The number of ether oxygens (including phenoxy) is 1. The Morgan fingerprint density at radius 3 is 2.77 bits per heavy atom. The van der Waals surface area contributed by atoms with Gasteiger partial charge in [0.1, 0.15) is 5.82 Å². The van der Waals surface area contributed by atoms with E-state index in [1.54, 1.807) is 6.07 Å². The number of aromatic nitrogens is 3. The van der Waals surface area contributed by atoms with E-state index in [2.05, 4.69) is 15.5 Å². The number of carbonyl (C=O) groups excluding carboxylic acids is 1. The Hall–Kier alpha value is -3.18. The maximum Gasteiger partial charge on any atom is 0.416 e. The third-order valence-electron chi connectivity index (χ3n) is 5.25. The van der Waals surface area contributed by atoms with Crippen LogP contribution in [0.15, 0.2) is 59.8 Å². The van der Waals surface area contributed by atoms with Gasteiger partial charge in [0.25, 0.3) is 0 Å². The molecule has 1 fully saturated rings. The van der Waals surface area contributed by atoms with Crippen LogP contribution in [0.4, 0.5) is 17.6 Å². The minimum absolute atomic E-state index is 0.0442. The second-order valence-corrected chi connectivity index (χ2v) is 8.82. The molecule has 0 spiro atoms. The third kappa shape index (κ3) is 6.70. The second kappa shape index (κ2) is 11.0. The van der Waals surface area contributed by atoms with Crippen LogP contribution in [0.3, 0.4) is 0 Å². The Kier molecular flexibility index (Phi) is 7.86. The third-order valence-corrected chi connectivity index (χ3v) is 6.31. The summed E-state index contributed by atoms with van der Waals surface area (Å²) in [5, 5.41) is 11.3. The lowest BCUT2D eigenvalue weighted by Crippen LogP contribution is -2.22. The van der Waals surface area contributed by atoms with Crippen LogP contribution < -0.4 is 5.32 Å². The number of carbonyl (C=O) groups is 1. The summed E-state index contributed by atoms with van der Waals surface area (Å²) in [5.41, 5.74) is -0.0499. The van der Waals surface area contributed by atoms with E-state index >= 15 is 0 Å². The normalized spacial score (nSPS) is 16.2. The first-order valence-electron chi connectivity index (χ1n) is 10.9. The van der Waals surface area contributed by atoms with Gasteiger partial charge in [-0.05, 0) is 54.8 Å². The fourth-order valence-corrected chi connectivity index (χ4v) is 4.58. The zero-order valence-electron chi connectivity index (χ0n) is 18.5. The second-order valence-electron chi connectivity index (χ2n) is 7.83. The topological polar surface area (TPSA) is 69.0 Å². The number of thioether (sulfide) groups is 1. The molecule has 1 unspecified atom stereocenters. The largest absolute Gasteiger partial charge is 0.416 e. The fourth-order valence-electron chi connectivity index (χ4n) is 3.54. The van der Waals surface area contributed by atoms with Crippen molar-refractivity contribution >= 4 is 23.7 Å². The molecule has 0 bridgehead atoms. The van der Waals surface area contributed by atoms with Gasteiger partial charge < -0.3 is 10.1 Å². The molecule has 6 nitrogen and oxygen atoms in total. The summed E-state index contributed by atoms with van der Waals surface area (Å²) >= 11 is 1.34. The molecule has 0 aliphatic carbocycles. The highest BCUT2D eigenvalue weighted by Gasteiger charge is 2.31. The van der Waals surface area contributed by atoms with Crippen molar-refractivity contribution in [2.75, 3.05) is 12.4 Å². The van der Waals surface area contributed by atoms with Gasteiger partial charge in [0.05, 0.1) is 23.9 Å². The van der Waals surface area contributed by atoms with Crippen molar-refractivity contribution in [1.29, 1.82) is 0 Å². The minimum Gasteiger partial charge on any atom is -0.377 e. The molecule has 11 heteroatoms. The number of nitrogens with zero attached hydrogens (tertiary/aromatic N) is 3. The molecule has 0 saturated carbocycles. The molecule has 1 aromatic heterocycles. The van der Waals surface area contributed by atoms with Gasteiger partial charge in [0.15, 0.2) is 11.0 Å². The van der Waals surface area contributed by atoms with Crippen molar-refractivity contribution in [2.45, 2.75) is 36.8 Å². The van der Waals surface area contributed by atoms with E-state index in [4.69, 9.17) is 4.74 Å². The monoisotopic (exact) mass is 506 g/mol. The van der Waals surface area contributed by atoms with E-state index in [1.807, 2.05) is 0 Å². The Labute approximate surface area is 203 Å². The van der Waals surface area contributed by atoms with Crippen LogP contribution in [0, 0.1) is 5.82 Å². The maximum atomic E-state index is 13.3. The molecular formula is C24H22F4N4O2S. The molecule has 3 aromatic rings. The van der Waals surface area contributed by atoms with Gasteiger partial charge in [-0.15, -0.1) is 10.2 Å². The molecular weight excluding hydrogens is 484 g/mol. The van der Waals surface area contributed by atoms with E-state index in [0.29, 0.717) is 23.1 Å². The molecule has 2 heterocycles. The van der Waals surface area contributed by atoms with Crippen LogP contribution in [-0.4, -0.2) is 39.1 Å². The van der Waals surface area contributed by atoms with Crippen LogP contribution in [0.5, 0.6) is 0 Å². The van der Waals surface area contributed by atoms with Crippen molar-refractivity contribution < 1.29 is 27.1 Å². The minimum atomic E-state index is -4.51. The number of rotatable bonds is 8.